The van der Waals surface area contributed by atoms with Gasteiger partial charge in [0.1, 0.15) is 11.2 Å². The molecule has 216 valence electrons. The van der Waals surface area contributed by atoms with E-state index in [1.54, 1.807) is 12.1 Å². The van der Waals surface area contributed by atoms with Crippen LogP contribution in [0.1, 0.15) is 46.2 Å². The Bertz CT molecular complexity index is 1900. The lowest BCUT2D eigenvalue weighted by Crippen LogP contribution is -2.57. The average molecular weight is 590 g/mol. The number of fused-ring (bicyclic) bond motifs is 2. The van der Waals surface area contributed by atoms with Gasteiger partial charge >= 0.3 is 5.63 Å². The molecule has 43 heavy (non-hydrogen) atoms. The molecule has 1 aromatic heterocycles. The molecule has 8 heteroatoms. The van der Waals surface area contributed by atoms with E-state index in [1.165, 1.54) is 27.1 Å². The predicted molar refractivity (Wildman–Crippen MR) is 174 cm³/mol. The predicted octanol–water partition coefficient (Wildman–Crippen LogP) is 6.17. The number of thiocarbonyl (C=S) groups is 1. The third kappa shape index (κ3) is 4.23. The smallest absolute Gasteiger partial charge is 0.343 e. The number of para-hydroxylation sites is 2. The van der Waals surface area contributed by atoms with Crippen molar-refractivity contribution in [1.29, 1.82) is 0 Å². The van der Waals surface area contributed by atoms with Gasteiger partial charge in [-0.3, -0.25) is 19.4 Å². The van der Waals surface area contributed by atoms with Crippen molar-refractivity contribution in [2.75, 3.05) is 27.8 Å². The average Bonchev–Trinajstić information content (AvgIpc) is 2.99. The lowest BCUT2D eigenvalue weighted by Gasteiger charge is -2.37. The van der Waals surface area contributed by atoms with Gasteiger partial charge in [0.25, 0.3) is 11.8 Å². The maximum Gasteiger partial charge on any atom is 0.343 e. The monoisotopic (exact) mass is 589 g/mol. The number of anilines is 3. The van der Waals surface area contributed by atoms with Gasteiger partial charge in [-0.05, 0) is 105 Å². The van der Waals surface area contributed by atoms with Gasteiger partial charge in [0.15, 0.2) is 5.11 Å². The van der Waals surface area contributed by atoms with E-state index in [0.717, 1.165) is 60.8 Å². The van der Waals surface area contributed by atoms with Gasteiger partial charge in [0, 0.05) is 29.7 Å². The molecule has 1 saturated heterocycles. The second-order valence-corrected chi connectivity index (χ2v) is 11.9. The fraction of sp³-hybridized carbons (Fsp3) is 0.257. The molecule has 0 radical (unpaired) electrons. The van der Waals surface area contributed by atoms with E-state index >= 15 is 0 Å². The number of nitrogens with zero attached hydrogens (tertiary/aromatic N) is 3. The van der Waals surface area contributed by atoms with Crippen LogP contribution >= 0.6 is 12.2 Å². The summed E-state index contributed by atoms with van der Waals surface area (Å²) in [6, 6.07) is 16.9. The Kier molecular flexibility index (Phi) is 6.54. The molecule has 0 unspecified atom stereocenters. The number of benzene rings is 3. The normalized spacial score (nSPS) is 16.7. The minimum Gasteiger partial charge on any atom is -0.422 e. The van der Waals surface area contributed by atoms with Gasteiger partial charge in [0.2, 0.25) is 0 Å². The summed E-state index contributed by atoms with van der Waals surface area (Å²) >= 11 is 5.82. The van der Waals surface area contributed by atoms with E-state index < -0.39 is 17.4 Å². The number of aryl methyl sites for hydroxylation is 5. The van der Waals surface area contributed by atoms with Crippen molar-refractivity contribution in [2.24, 2.45) is 0 Å². The molecule has 0 spiro atoms. The van der Waals surface area contributed by atoms with Crippen molar-refractivity contribution in [3.8, 4) is 0 Å². The molecule has 0 N–H and O–H groups in total. The van der Waals surface area contributed by atoms with Gasteiger partial charge in [-0.2, -0.15) is 0 Å². The van der Waals surface area contributed by atoms with Crippen molar-refractivity contribution in [1.82, 2.24) is 0 Å². The molecule has 3 aromatic carbocycles. The van der Waals surface area contributed by atoms with Crippen LogP contribution in [0.2, 0.25) is 0 Å². The Hall–Kier alpha value is -4.56. The molecule has 0 aliphatic carbocycles. The highest BCUT2D eigenvalue weighted by Crippen LogP contribution is 2.41. The molecule has 0 atom stereocenters. The van der Waals surface area contributed by atoms with E-state index in [2.05, 4.69) is 11.0 Å². The zero-order valence-corrected chi connectivity index (χ0v) is 25.2. The van der Waals surface area contributed by atoms with Crippen molar-refractivity contribution in [3.05, 3.63) is 104 Å². The van der Waals surface area contributed by atoms with Crippen LogP contribution in [0.25, 0.3) is 17.0 Å². The van der Waals surface area contributed by atoms with Crippen LogP contribution < -0.4 is 20.3 Å². The SMILES string of the molecule is Cc1ccccc1N1C(=O)C(=Cc2c(C)c3cc4c5c(c3oc2=O)CCCN5CCC4)C(=O)N(c2ccccc2C)C1=S. The number of hydrogen-bond donors (Lipinski definition) is 0. The second kappa shape index (κ2) is 10.3. The number of carbonyl (C=O) groups is 2. The molecular formula is C35H31N3O4S. The van der Waals surface area contributed by atoms with Crippen molar-refractivity contribution < 1.29 is 14.0 Å². The Morgan fingerprint density at radius 1 is 0.814 bits per heavy atom. The van der Waals surface area contributed by atoms with Crippen LogP contribution in [0.4, 0.5) is 17.1 Å². The van der Waals surface area contributed by atoms with Crippen molar-refractivity contribution >= 4 is 63.3 Å². The Balaban J connectivity index is 1.44. The number of carbonyl (C=O) groups excluding carboxylic acids is 2. The summed E-state index contributed by atoms with van der Waals surface area (Å²) in [6.07, 6.45) is 5.31. The van der Waals surface area contributed by atoms with Gasteiger partial charge in [0.05, 0.1) is 16.9 Å². The molecule has 7 rings (SSSR count). The summed E-state index contributed by atoms with van der Waals surface area (Å²) < 4.78 is 6.04. The lowest BCUT2D eigenvalue weighted by molar-refractivity contribution is -0.120. The quantitative estimate of drug-likeness (QED) is 0.123. The fourth-order valence-corrected chi connectivity index (χ4v) is 7.13. The van der Waals surface area contributed by atoms with Crippen LogP contribution in [0.5, 0.6) is 0 Å². The maximum absolute atomic E-state index is 14.2. The highest BCUT2D eigenvalue weighted by molar-refractivity contribution is 7.81. The minimum absolute atomic E-state index is 0.0632. The standard InChI is InChI=1S/C35H31N3O4S/c1-20-10-4-6-14-28(20)37-32(39)27(33(40)38(35(37)43)29-15-7-5-11-21(29)2)19-26-22(3)25-18-23-12-8-16-36-17-9-13-24(30(23)36)31(25)42-34(26)41/h4-7,10-11,14-15,18-19H,8-9,12-13,16-17H2,1-3H3. The fourth-order valence-electron chi connectivity index (χ4n) is 6.77. The first-order valence-corrected chi connectivity index (χ1v) is 15.1. The number of hydrogen-bond acceptors (Lipinski definition) is 6. The van der Waals surface area contributed by atoms with Crippen LogP contribution in [-0.2, 0) is 22.4 Å². The van der Waals surface area contributed by atoms with Crippen molar-refractivity contribution in [2.45, 2.75) is 46.5 Å². The molecule has 2 amide bonds. The molecule has 4 heterocycles. The van der Waals surface area contributed by atoms with Crippen LogP contribution in [0.15, 0.2) is 69.4 Å². The first-order valence-electron chi connectivity index (χ1n) is 14.7. The zero-order chi connectivity index (χ0) is 30.0. The van der Waals surface area contributed by atoms with E-state index in [-0.39, 0.29) is 16.2 Å². The van der Waals surface area contributed by atoms with E-state index in [1.807, 2.05) is 57.2 Å². The first-order chi connectivity index (χ1) is 20.8. The molecule has 1 fully saturated rings. The van der Waals surface area contributed by atoms with Crippen LogP contribution in [0.3, 0.4) is 0 Å². The number of rotatable bonds is 3. The van der Waals surface area contributed by atoms with E-state index in [4.69, 9.17) is 16.6 Å². The second-order valence-electron chi connectivity index (χ2n) is 11.6. The summed E-state index contributed by atoms with van der Waals surface area (Å²) in [5.74, 6) is -1.16. The highest BCUT2D eigenvalue weighted by atomic mass is 32.1. The largest absolute Gasteiger partial charge is 0.422 e. The van der Waals surface area contributed by atoms with E-state index in [0.29, 0.717) is 22.5 Å². The summed E-state index contributed by atoms with van der Waals surface area (Å²) in [4.78, 5) is 47.2. The Morgan fingerprint density at radius 2 is 1.40 bits per heavy atom. The summed E-state index contributed by atoms with van der Waals surface area (Å²) in [6.45, 7) is 7.67. The molecule has 4 aromatic rings. The molecular weight excluding hydrogens is 558 g/mol. The van der Waals surface area contributed by atoms with Crippen molar-refractivity contribution in [3.63, 3.8) is 0 Å². The highest BCUT2D eigenvalue weighted by Gasteiger charge is 2.42. The molecule has 7 nitrogen and oxygen atoms in total. The van der Waals surface area contributed by atoms with Gasteiger partial charge in [-0.25, -0.2) is 4.79 Å². The molecule has 3 aliphatic heterocycles. The Morgan fingerprint density at radius 3 is 2.00 bits per heavy atom. The topological polar surface area (TPSA) is 74.1 Å². The number of amides is 2. The molecule has 3 aliphatic rings. The maximum atomic E-state index is 14.2. The summed E-state index contributed by atoms with van der Waals surface area (Å²) in [7, 11) is 0. The van der Waals surface area contributed by atoms with Gasteiger partial charge in [-0.1, -0.05) is 36.4 Å². The first kappa shape index (κ1) is 27.3. The summed E-state index contributed by atoms with van der Waals surface area (Å²) in [5, 5.41) is 0.912. The molecule has 0 bridgehead atoms. The molecule has 0 saturated carbocycles. The third-order valence-corrected chi connectivity index (χ3v) is 9.31. The zero-order valence-electron chi connectivity index (χ0n) is 24.4. The summed E-state index contributed by atoms with van der Waals surface area (Å²) in [5.41, 5.74) is 7.14. The lowest BCUT2D eigenvalue weighted by atomic mass is 9.88. The van der Waals surface area contributed by atoms with E-state index in [9.17, 15) is 14.4 Å². The van der Waals surface area contributed by atoms with Gasteiger partial charge < -0.3 is 9.32 Å². The van der Waals surface area contributed by atoms with Gasteiger partial charge in [-0.15, -0.1) is 0 Å². The van der Waals surface area contributed by atoms with Crippen LogP contribution in [-0.4, -0.2) is 30.0 Å². The van der Waals surface area contributed by atoms with Crippen LogP contribution in [0, 0.1) is 20.8 Å². The Labute approximate surface area is 255 Å². The minimum atomic E-state index is -0.579. The third-order valence-electron chi connectivity index (χ3n) is 8.95.